The Morgan fingerprint density at radius 1 is 1.10 bits per heavy atom. The number of alkyl halides is 4. The van der Waals surface area contributed by atoms with Crippen LogP contribution in [0.15, 0.2) is 54.1 Å². The average molecular weight is 1040 g/mol. The van der Waals surface area contributed by atoms with Crippen molar-refractivity contribution in [2.75, 3.05) is 66.7 Å². The number of nitrogens with one attached hydrogen (secondary N) is 2. The summed E-state index contributed by atoms with van der Waals surface area (Å²) in [5.74, 6) is -2.91. The number of allylic oxidation sites excluding steroid dienone is 1. The van der Waals surface area contributed by atoms with Gasteiger partial charge in [0.15, 0.2) is 5.71 Å². The Bertz CT molecular complexity index is 2640. The van der Waals surface area contributed by atoms with E-state index in [1.54, 1.807) is 54.2 Å². The van der Waals surface area contributed by atoms with Gasteiger partial charge in [0.2, 0.25) is 24.0 Å². The van der Waals surface area contributed by atoms with Gasteiger partial charge in [-0.05, 0) is 75.3 Å². The summed E-state index contributed by atoms with van der Waals surface area (Å²) in [5, 5.41) is 6.61. The largest absolute Gasteiger partial charge is 0.464 e. The molecule has 2 aromatic heterocycles. The van der Waals surface area contributed by atoms with Crippen LogP contribution in [0.1, 0.15) is 101 Å². The predicted molar refractivity (Wildman–Crippen MR) is 264 cm³/mol. The van der Waals surface area contributed by atoms with E-state index in [0.717, 1.165) is 0 Å². The van der Waals surface area contributed by atoms with Crippen LogP contribution in [0.3, 0.4) is 0 Å². The monoisotopic (exact) mass is 1040 g/mol. The number of hydrogen-bond acceptors (Lipinski definition) is 11. The van der Waals surface area contributed by atoms with Crippen molar-refractivity contribution in [1.82, 2.24) is 40.4 Å². The van der Waals surface area contributed by atoms with Crippen molar-refractivity contribution in [3.63, 3.8) is 0 Å². The molecular weight excluding hydrogens is 971 g/mol. The van der Waals surface area contributed by atoms with Crippen molar-refractivity contribution >= 4 is 52.5 Å². The van der Waals surface area contributed by atoms with Gasteiger partial charge in [0.1, 0.15) is 24.8 Å². The number of rotatable bonds is 10. The van der Waals surface area contributed by atoms with Crippen molar-refractivity contribution in [3.05, 3.63) is 75.9 Å². The van der Waals surface area contributed by atoms with Crippen LogP contribution in [-0.2, 0) is 35.1 Å². The van der Waals surface area contributed by atoms with E-state index in [2.05, 4.69) is 15.7 Å². The lowest BCUT2D eigenvalue weighted by Crippen LogP contribution is -2.64. The molecule has 8 rings (SSSR count). The van der Waals surface area contributed by atoms with Crippen molar-refractivity contribution in [3.8, 4) is 11.3 Å². The summed E-state index contributed by atoms with van der Waals surface area (Å²) in [7, 11) is 3.09. The van der Waals surface area contributed by atoms with Gasteiger partial charge in [-0.2, -0.15) is 17.7 Å². The van der Waals surface area contributed by atoms with E-state index in [1.807, 2.05) is 39.1 Å². The Morgan fingerprint density at radius 2 is 1.84 bits per heavy atom. The molecule has 0 saturated carbocycles. The van der Waals surface area contributed by atoms with Gasteiger partial charge in [0, 0.05) is 99.0 Å². The normalized spacial score (nSPS) is 23.0. The number of thiazole rings is 1. The molecule has 1 aromatic carbocycles. The molecule has 3 aromatic rings. The van der Waals surface area contributed by atoms with Crippen LogP contribution in [0.5, 0.6) is 0 Å². The smallest absolute Gasteiger partial charge is 0.448 e. The molecule has 5 amide bonds. The van der Waals surface area contributed by atoms with Crippen LogP contribution in [0.2, 0.25) is 0 Å². The fourth-order valence-corrected chi connectivity index (χ4v) is 11.9. The Labute approximate surface area is 427 Å². The zero-order valence-electron chi connectivity index (χ0n) is 42.5. The number of likely N-dealkylation sites (N-methyl/N-ethyl adjacent to an activating group) is 1. The number of carbonyl (C=O) groups is 5. The number of aromatic nitrogens is 2. The number of hydrazine groups is 1. The van der Waals surface area contributed by atoms with Gasteiger partial charge in [-0.15, -0.1) is 11.3 Å². The summed E-state index contributed by atoms with van der Waals surface area (Å²) in [4.78, 5) is 84.0. The molecule has 5 aliphatic rings. The lowest BCUT2D eigenvalue weighted by Gasteiger charge is -2.54. The second-order valence-corrected chi connectivity index (χ2v) is 22.2. The summed E-state index contributed by atoms with van der Waals surface area (Å²) in [6.45, 7) is 9.29. The molecule has 1 unspecified atom stereocenters. The van der Waals surface area contributed by atoms with Crippen LogP contribution in [0, 0.1) is 16.7 Å². The SMILES string of the molecule is CO[C@@H](C)c1ncccc1C1=[N+](CC(F)(F)F)c2ccc3cc2C1CC(C)(C)COC(=O)[C@@H]1CCCN(N1)C(=O)[C@@H](NC(=O)[C@H](C(C)C)N(C)C(=O)N1CCC2(CC1)CN(C(=O)/C=C/CF)C2)Cc1nc-3cs1. The molecule has 2 N–H and O–H groups in total. The number of esters is 1. The first-order valence-electron chi connectivity index (χ1n) is 25.0. The molecule has 21 heteroatoms. The third-order valence-electron chi connectivity index (χ3n) is 14.9. The Morgan fingerprint density at radius 3 is 2.52 bits per heavy atom. The maximum atomic E-state index is 14.7. The lowest BCUT2D eigenvalue weighted by atomic mass is 9.72. The van der Waals surface area contributed by atoms with Gasteiger partial charge < -0.3 is 29.5 Å². The fourth-order valence-electron chi connectivity index (χ4n) is 11.0. The molecule has 6 bridgehead atoms. The van der Waals surface area contributed by atoms with Gasteiger partial charge in [-0.25, -0.2) is 19.6 Å². The van der Waals surface area contributed by atoms with E-state index in [4.69, 9.17) is 14.5 Å². The molecule has 5 atom stereocenters. The standard InChI is InChI=1S/C52H65F4N9O7S/c1-31(2)44(61(6)49(70)62-21-16-51(17-22-62)27-63(28-51)42(66)13-8-18-53)46(67)59-38-24-41-58-39(26-73-41)33-14-15-40-35(23-33)36(25-50(4,5)30-72-48(69)37-12-10-20-65(60-37)47(38)68)45(64(40)29-52(54,55)56)34-11-9-19-57-43(34)32(3)71-7/h8-9,11,13-15,19,23,26,31-32,36-38,44,60H,10,12,16-18,20-22,24-25,27-30H2,1-7H3/p+1/b13-8+/t32-,36?,37-,38-,44-/m0/s1. The summed E-state index contributed by atoms with van der Waals surface area (Å²) >= 11 is 1.27. The predicted octanol–water partition coefficient (Wildman–Crippen LogP) is 6.73. The maximum absolute atomic E-state index is 14.7. The zero-order valence-corrected chi connectivity index (χ0v) is 43.3. The first kappa shape index (κ1) is 53.5. The van der Waals surface area contributed by atoms with Gasteiger partial charge in [0.25, 0.3) is 5.91 Å². The molecule has 0 radical (unpaired) electrons. The minimum absolute atomic E-state index is 0.0528. The molecule has 73 heavy (non-hydrogen) atoms. The third kappa shape index (κ3) is 11.6. The number of methoxy groups -OCH3 is 1. The first-order valence-corrected chi connectivity index (χ1v) is 25.8. The fraction of sp³-hybridized carbons (Fsp3) is 0.577. The third-order valence-corrected chi connectivity index (χ3v) is 15.7. The molecule has 5 aliphatic heterocycles. The lowest BCUT2D eigenvalue weighted by molar-refractivity contribution is -0.480. The summed E-state index contributed by atoms with van der Waals surface area (Å²) < 4.78 is 69.7. The quantitative estimate of drug-likeness (QED) is 0.0962. The van der Waals surface area contributed by atoms with E-state index in [0.29, 0.717) is 96.3 Å². The summed E-state index contributed by atoms with van der Waals surface area (Å²) in [6, 6.07) is 5.27. The maximum Gasteiger partial charge on any atom is 0.448 e. The molecule has 3 fully saturated rings. The second kappa shape index (κ2) is 21.6. The Hall–Kier alpha value is -5.80. The molecule has 0 aliphatic carbocycles. The number of hydrogen-bond donors (Lipinski definition) is 2. The number of likely N-dealkylation sites (tertiary alicyclic amines) is 2. The van der Waals surface area contributed by atoms with E-state index in [1.165, 1.54) is 45.1 Å². The van der Waals surface area contributed by atoms with Crippen molar-refractivity contribution < 1.29 is 55.6 Å². The number of nitrogens with zero attached hydrogens (tertiary/aromatic N) is 7. The van der Waals surface area contributed by atoms with E-state index >= 15 is 0 Å². The van der Waals surface area contributed by atoms with E-state index < -0.39 is 72.7 Å². The number of amides is 5. The van der Waals surface area contributed by atoms with Gasteiger partial charge >= 0.3 is 18.2 Å². The van der Waals surface area contributed by atoms with Crippen LogP contribution in [-0.4, -0.2) is 161 Å². The van der Waals surface area contributed by atoms with Crippen LogP contribution >= 0.6 is 11.3 Å². The molecule has 394 valence electrons. The van der Waals surface area contributed by atoms with E-state index in [-0.39, 0.29) is 49.3 Å². The Kier molecular flexibility index (Phi) is 15.8. The highest BCUT2D eigenvalue weighted by Crippen LogP contribution is 2.47. The number of benzene rings is 1. The highest BCUT2D eigenvalue weighted by molar-refractivity contribution is 7.10. The number of ether oxygens (including phenoxy) is 2. The van der Waals surface area contributed by atoms with Gasteiger partial charge in [0.05, 0.1) is 40.6 Å². The highest BCUT2D eigenvalue weighted by atomic mass is 32.1. The minimum atomic E-state index is -4.59. The van der Waals surface area contributed by atoms with Gasteiger partial charge in [-0.1, -0.05) is 27.7 Å². The average Bonchev–Trinajstić information content (AvgIpc) is 3.93. The number of piperidine rings is 1. The number of urea groups is 1. The molecule has 16 nitrogen and oxygen atoms in total. The van der Waals surface area contributed by atoms with Crippen LogP contribution in [0.4, 0.5) is 28.0 Å². The molecular formula is C52H66F4N9O7S+. The number of fused-ring (bicyclic) bond motifs is 6. The van der Waals surface area contributed by atoms with Crippen LogP contribution < -0.4 is 10.7 Å². The zero-order chi connectivity index (χ0) is 52.6. The topological polar surface area (TPSA) is 170 Å². The van der Waals surface area contributed by atoms with Crippen LogP contribution in [0.25, 0.3) is 11.3 Å². The summed E-state index contributed by atoms with van der Waals surface area (Å²) in [6.07, 6.45) is 1.22. The first-order chi connectivity index (χ1) is 34.6. The number of carbonyl (C=O) groups excluding carboxylic acids is 5. The summed E-state index contributed by atoms with van der Waals surface area (Å²) in [5.41, 5.74) is 5.70. The van der Waals surface area contributed by atoms with Crippen molar-refractivity contribution in [2.24, 2.45) is 16.7 Å². The molecule has 3 saturated heterocycles. The number of cyclic esters (lactones) is 1. The minimum Gasteiger partial charge on any atom is -0.464 e. The molecule has 7 heterocycles. The van der Waals surface area contributed by atoms with E-state index in [9.17, 15) is 41.5 Å². The Balaban J connectivity index is 1.09. The number of pyridine rings is 1. The highest BCUT2D eigenvalue weighted by Gasteiger charge is 2.50. The van der Waals surface area contributed by atoms with Crippen molar-refractivity contribution in [2.45, 2.75) is 109 Å². The van der Waals surface area contributed by atoms with Gasteiger partial charge in [-0.3, -0.25) is 29.2 Å². The second-order valence-electron chi connectivity index (χ2n) is 21.2. The molecule has 1 spiro atoms. The van der Waals surface area contributed by atoms with Crippen molar-refractivity contribution in [1.29, 1.82) is 0 Å². The number of halogens is 4.